The van der Waals surface area contributed by atoms with Gasteiger partial charge in [0.1, 0.15) is 5.69 Å². The van der Waals surface area contributed by atoms with Crippen molar-refractivity contribution in [3.8, 4) is 0 Å². The number of ketones is 1. The van der Waals surface area contributed by atoms with Crippen molar-refractivity contribution in [1.29, 1.82) is 0 Å². The van der Waals surface area contributed by atoms with Crippen molar-refractivity contribution in [3.05, 3.63) is 57.4 Å². The van der Waals surface area contributed by atoms with Gasteiger partial charge in [0.05, 0.1) is 6.10 Å². The number of aliphatic hydroxyl groups excluding tert-OH is 1. The Hall–Kier alpha value is -2.40. The minimum absolute atomic E-state index is 0.242. The summed E-state index contributed by atoms with van der Waals surface area (Å²) in [5.41, 5.74) is 4.95. The fourth-order valence-electron chi connectivity index (χ4n) is 3.00. The third-order valence-electron chi connectivity index (χ3n) is 4.56. The van der Waals surface area contributed by atoms with E-state index in [0.717, 1.165) is 11.1 Å². The van der Waals surface area contributed by atoms with Crippen molar-refractivity contribution < 1.29 is 19.4 Å². The van der Waals surface area contributed by atoms with E-state index in [2.05, 4.69) is 4.98 Å². The lowest BCUT2D eigenvalue weighted by molar-refractivity contribution is 0.0313. The first-order valence-electron chi connectivity index (χ1n) is 8.33. The fraction of sp³-hybridized carbons (Fsp3) is 0.400. The first kappa shape index (κ1) is 18.9. The summed E-state index contributed by atoms with van der Waals surface area (Å²) in [6, 6.07) is 5.42. The average Bonchev–Trinajstić information content (AvgIpc) is 2.84. The Balaban J connectivity index is 2.18. The van der Waals surface area contributed by atoms with Crippen molar-refractivity contribution in [2.75, 3.05) is 0 Å². The molecule has 2 aromatic rings. The average molecular weight is 343 g/mol. The quantitative estimate of drug-likeness (QED) is 0.640. The number of esters is 1. The summed E-state index contributed by atoms with van der Waals surface area (Å²) in [4.78, 5) is 27.9. The number of aromatic nitrogens is 1. The lowest BCUT2D eigenvalue weighted by Gasteiger charge is -2.13. The number of carbonyl (C=O) groups excluding carboxylic acids is 2. The van der Waals surface area contributed by atoms with Crippen LogP contribution in [-0.4, -0.2) is 27.9 Å². The Kier molecular flexibility index (Phi) is 5.48. The maximum Gasteiger partial charge on any atom is 0.355 e. The number of H-pyrrole nitrogens is 1. The molecule has 2 rings (SSSR count). The van der Waals surface area contributed by atoms with E-state index in [9.17, 15) is 14.7 Å². The van der Waals surface area contributed by atoms with Crippen LogP contribution in [0.25, 0.3) is 0 Å². The number of aliphatic hydroxyl groups is 1. The molecule has 0 aliphatic heterocycles. The second-order valence-electron chi connectivity index (χ2n) is 6.55. The summed E-state index contributed by atoms with van der Waals surface area (Å²) in [5, 5.41) is 9.82. The van der Waals surface area contributed by atoms with E-state index >= 15 is 0 Å². The van der Waals surface area contributed by atoms with E-state index in [1.807, 2.05) is 19.9 Å². The first-order chi connectivity index (χ1) is 11.6. The molecule has 134 valence electrons. The molecule has 5 nitrogen and oxygen atoms in total. The summed E-state index contributed by atoms with van der Waals surface area (Å²) in [6.45, 7) is 10.7. The van der Waals surface area contributed by atoms with Gasteiger partial charge in [0.15, 0.2) is 6.10 Å². The molecule has 0 saturated carbocycles. The third-order valence-corrected chi connectivity index (χ3v) is 4.56. The minimum Gasteiger partial charge on any atom is -0.450 e. The standard InChI is InChI=1S/C20H25NO4/c1-10-7-8-16(9-11(10)2)19(23)15(6)25-20(24)18-12(3)17(14(5)22)13(4)21-18/h7-9,14-15,21-22H,1-6H3/t14-,15+/m0/s1. The fourth-order valence-corrected chi connectivity index (χ4v) is 3.00. The van der Waals surface area contributed by atoms with Crippen LogP contribution in [0, 0.1) is 27.7 Å². The van der Waals surface area contributed by atoms with Crippen molar-refractivity contribution >= 4 is 11.8 Å². The maximum atomic E-state index is 12.5. The monoisotopic (exact) mass is 343 g/mol. The Bertz CT molecular complexity index is 817. The van der Waals surface area contributed by atoms with Gasteiger partial charge in [-0.25, -0.2) is 4.79 Å². The molecular formula is C20H25NO4. The highest BCUT2D eigenvalue weighted by molar-refractivity contribution is 6.01. The van der Waals surface area contributed by atoms with Gasteiger partial charge in [-0.15, -0.1) is 0 Å². The van der Waals surface area contributed by atoms with Crippen LogP contribution >= 0.6 is 0 Å². The SMILES string of the molecule is Cc1ccc(C(=O)[C@@H](C)OC(=O)c2[nH]c(C)c([C@H](C)O)c2C)cc1C. The van der Waals surface area contributed by atoms with Gasteiger partial charge in [0.25, 0.3) is 0 Å². The zero-order valence-electron chi connectivity index (χ0n) is 15.6. The normalized spacial score (nSPS) is 13.4. The Morgan fingerprint density at radius 3 is 2.24 bits per heavy atom. The molecule has 2 N–H and O–H groups in total. The number of rotatable bonds is 5. The molecule has 0 saturated heterocycles. The Morgan fingerprint density at radius 1 is 1.08 bits per heavy atom. The van der Waals surface area contributed by atoms with Gasteiger partial charge in [-0.1, -0.05) is 12.1 Å². The van der Waals surface area contributed by atoms with Crippen LogP contribution in [0.15, 0.2) is 18.2 Å². The number of nitrogens with one attached hydrogen (secondary N) is 1. The predicted octanol–water partition coefficient (Wildman–Crippen LogP) is 3.73. The highest BCUT2D eigenvalue weighted by Crippen LogP contribution is 2.25. The van der Waals surface area contributed by atoms with Crippen LogP contribution in [0.5, 0.6) is 0 Å². The summed E-state index contributed by atoms with van der Waals surface area (Å²) >= 11 is 0. The van der Waals surface area contributed by atoms with E-state index in [1.165, 1.54) is 0 Å². The zero-order chi connectivity index (χ0) is 18.9. The number of hydrogen-bond acceptors (Lipinski definition) is 4. The summed E-state index contributed by atoms with van der Waals surface area (Å²) < 4.78 is 5.35. The Labute approximate surface area is 148 Å². The van der Waals surface area contributed by atoms with E-state index in [-0.39, 0.29) is 11.5 Å². The van der Waals surface area contributed by atoms with Gasteiger partial charge in [-0.05, 0) is 64.3 Å². The van der Waals surface area contributed by atoms with Crippen LogP contribution in [0.1, 0.15) is 68.7 Å². The highest BCUT2D eigenvalue weighted by atomic mass is 16.5. The third kappa shape index (κ3) is 3.82. The van der Waals surface area contributed by atoms with Crippen LogP contribution in [0.4, 0.5) is 0 Å². The van der Waals surface area contributed by atoms with Gasteiger partial charge in [-0.2, -0.15) is 0 Å². The van der Waals surface area contributed by atoms with Gasteiger partial charge < -0.3 is 14.8 Å². The number of benzene rings is 1. The van der Waals surface area contributed by atoms with E-state index in [0.29, 0.717) is 22.4 Å². The molecule has 25 heavy (non-hydrogen) atoms. The molecular weight excluding hydrogens is 318 g/mol. The smallest absolute Gasteiger partial charge is 0.355 e. The number of aromatic amines is 1. The van der Waals surface area contributed by atoms with Gasteiger partial charge in [-0.3, -0.25) is 4.79 Å². The molecule has 0 amide bonds. The second kappa shape index (κ2) is 7.23. The largest absolute Gasteiger partial charge is 0.450 e. The molecule has 0 aliphatic rings. The number of Topliss-reactive ketones (excluding diaryl/α,β-unsaturated/α-hetero) is 1. The van der Waals surface area contributed by atoms with Crippen molar-refractivity contribution in [3.63, 3.8) is 0 Å². The van der Waals surface area contributed by atoms with E-state index < -0.39 is 18.2 Å². The second-order valence-corrected chi connectivity index (χ2v) is 6.55. The van der Waals surface area contributed by atoms with Gasteiger partial charge in [0.2, 0.25) is 5.78 Å². The molecule has 0 aliphatic carbocycles. The molecule has 1 aromatic carbocycles. The van der Waals surface area contributed by atoms with Crippen LogP contribution in [0.2, 0.25) is 0 Å². The molecule has 0 radical (unpaired) electrons. The van der Waals surface area contributed by atoms with Crippen molar-refractivity contribution in [2.24, 2.45) is 0 Å². The van der Waals surface area contributed by atoms with Crippen LogP contribution < -0.4 is 0 Å². The lowest BCUT2D eigenvalue weighted by atomic mass is 10.0. The molecule has 2 atom stereocenters. The number of ether oxygens (including phenoxy) is 1. The first-order valence-corrected chi connectivity index (χ1v) is 8.33. The number of aryl methyl sites for hydroxylation is 3. The molecule has 0 spiro atoms. The van der Waals surface area contributed by atoms with Gasteiger partial charge in [0, 0.05) is 16.8 Å². The topological polar surface area (TPSA) is 79.4 Å². The van der Waals surface area contributed by atoms with Crippen LogP contribution in [0.3, 0.4) is 0 Å². The molecule has 0 unspecified atom stereocenters. The molecule has 1 heterocycles. The summed E-state index contributed by atoms with van der Waals surface area (Å²) in [7, 11) is 0. The molecule has 5 heteroatoms. The lowest BCUT2D eigenvalue weighted by Crippen LogP contribution is -2.25. The molecule has 1 aromatic heterocycles. The maximum absolute atomic E-state index is 12.5. The minimum atomic E-state index is -0.896. The highest BCUT2D eigenvalue weighted by Gasteiger charge is 2.25. The van der Waals surface area contributed by atoms with E-state index in [1.54, 1.807) is 39.8 Å². The van der Waals surface area contributed by atoms with E-state index in [4.69, 9.17) is 4.74 Å². The molecule has 0 bridgehead atoms. The predicted molar refractivity (Wildman–Crippen MR) is 96.0 cm³/mol. The molecule has 0 fully saturated rings. The van der Waals surface area contributed by atoms with Crippen molar-refractivity contribution in [2.45, 2.75) is 53.8 Å². The summed E-state index contributed by atoms with van der Waals surface area (Å²) in [6.07, 6.45) is -1.58. The number of carbonyl (C=O) groups is 2. The Morgan fingerprint density at radius 2 is 1.72 bits per heavy atom. The van der Waals surface area contributed by atoms with Crippen LogP contribution in [-0.2, 0) is 4.74 Å². The number of hydrogen-bond donors (Lipinski definition) is 2. The van der Waals surface area contributed by atoms with Gasteiger partial charge >= 0.3 is 5.97 Å². The zero-order valence-corrected chi connectivity index (χ0v) is 15.6. The summed E-state index contributed by atoms with van der Waals surface area (Å²) in [5.74, 6) is -0.842. The van der Waals surface area contributed by atoms with Crippen molar-refractivity contribution in [1.82, 2.24) is 4.98 Å².